The number of aliphatic hydroxyl groups is 10. The van der Waals surface area contributed by atoms with Crippen LogP contribution in [0.2, 0.25) is 0 Å². The van der Waals surface area contributed by atoms with Crippen LogP contribution in [0.4, 0.5) is 0 Å². The molecule has 19 atom stereocenters. The van der Waals surface area contributed by atoms with Gasteiger partial charge in [0, 0.05) is 50.5 Å². The topological polar surface area (TPSA) is 367 Å². The van der Waals surface area contributed by atoms with E-state index in [-0.39, 0.29) is 51.4 Å². The van der Waals surface area contributed by atoms with Crippen molar-refractivity contribution < 1.29 is 99.0 Å². The molecule has 76 heavy (non-hydrogen) atoms. The molecule has 3 aliphatic heterocycles. The van der Waals surface area contributed by atoms with Gasteiger partial charge in [-0.1, -0.05) is 98.9 Å². The normalized spacial score (nSPS) is 40.5. The van der Waals surface area contributed by atoms with Crippen molar-refractivity contribution in [1.29, 1.82) is 0 Å². The predicted octanol–water partition coefficient (Wildman–Crippen LogP) is 0.251. The first-order chi connectivity index (χ1) is 36.0. The number of aliphatic carboxylic acids is 1. The highest BCUT2D eigenvalue weighted by Crippen LogP contribution is 2.38. The van der Waals surface area contributed by atoms with E-state index in [2.05, 4.69) is 5.32 Å². The van der Waals surface area contributed by atoms with Crippen molar-refractivity contribution in [3.05, 3.63) is 85.1 Å². The number of allylic oxidation sites excluding steroid dienone is 12. The smallest absolute Gasteiger partial charge is 0.311 e. The van der Waals surface area contributed by atoms with Gasteiger partial charge in [0.05, 0.1) is 99.9 Å². The zero-order chi connectivity index (χ0) is 56.4. The third kappa shape index (κ3) is 23.9. The Hall–Kier alpha value is -4.05. The lowest BCUT2D eigenvalue weighted by atomic mass is 9.82. The van der Waals surface area contributed by atoms with Crippen molar-refractivity contribution >= 4 is 17.8 Å². The van der Waals surface area contributed by atoms with Crippen molar-refractivity contribution in [3.63, 3.8) is 0 Å². The molecule has 0 radical (unpaired) electrons. The highest BCUT2D eigenvalue weighted by Gasteiger charge is 2.51. The van der Waals surface area contributed by atoms with Crippen molar-refractivity contribution in [2.45, 2.75) is 183 Å². The number of esters is 1. The minimum atomic E-state index is -2.39. The van der Waals surface area contributed by atoms with Crippen molar-refractivity contribution in [1.82, 2.24) is 5.32 Å². The van der Waals surface area contributed by atoms with Crippen LogP contribution in [0.1, 0.15) is 85.5 Å². The second kappa shape index (κ2) is 34.8. The van der Waals surface area contributed by atoms with Gasteiger partial charge in [-0.3, -0.25) is 14.4 Å². The summed E-state index contributed by atoms with van der Waals surface area (Å²) >= 11 is 0. The number of hydrogen-bond acceptors (Lipinski definition) is 20. The van der Waals surface area contributed by atoms with Crippen LogP contribution < -0.4 is 11.1 Å². The van der Waals surface area contributed by atoms with Gasteiger partial charge in [-0.15, -0.1) is 0 Å². The predicted molar refractivity (Wildman–Crippen MR) is 276 cm³/mol. The Balaban J connectivity index is 1.89. The fourth-order valence-corrected chi connectivity index (χ4v) is 8.94. The molecular weight excluding hydrogens is 997 g/mol. The molecular formula is C54H86N2O20. The number of rotatable bonds is 12. The third-order valence-corrected chi connectivity index (χ3v) is 13.4. The fraction of sp³-hybridized carbons (Fsp3) is 0.685. The van der Waals surface area contributed by atoms with E-state index in [0.29, 0.717) is 13.2 Å². The Morgan fingerprint density at radius 3 is 1.87 bits per heavy atom. The standard InChI is InChI=1S/C54H86N2O20/c1-33-17-15-13-11-9-7-5-6-8-10-12-14-16-18-40(75-53-51(67)48(50(66)36(4)74-53)56-45(63)21-23-71-25-26-72-24-22-55)30-44-47(52(68)69)43(62)32-54(70,76-44)31-39(59)28-42(61)41(60)20-19-37(57)27-38(58)29-46(64)73-35(3)34(2)49(33)65/h5-18,33-44,47-51,53,57-62,65-67,70H,19-32,55H2,1-4H3,(H,56,63)(H,68,69)/b6-5+,9-7+,10-8+,13-11+,14-12+,17-15+,18-16+. The van der Waals surface area contributed by atoms with Gasteiger partial charge in [-0.25, -0.2) is 0 Å². The molecule has 0 aromatic rings. The Labute approximate surface area is 445 Å². The van der Waals surface area contributed by atoms with Gasteiger partial charge in [0.2, 0.25) is 5.91 Å². The van der Waals surface area contributed by atoms with Gasteiger partial charge in [0.15, 0.2) is 12.1 Å². The Bertz CT molecular complexity index is 1930. The average Bonchev–Trinajstić information content (AvgIpc) is 3.34. The number of fused-ring (bicyclic) bond motifs is 2. The van der Waals surface area contributed by atoms with Crippen LogP contribution in [-0.4, -0.2) is 204 Å². The fourth-order valence-electron chi connectivity index (χ4n) is 8.94. The second-order valence-corrected chi connectivity index (χ2v) is 19.8. The SMILES string of the molecule is CC1/C=C/C=C/C=C/C=C/C=C/C=C/C=C/C(OC2OC(C)C(O)C(NC(=O)CCOCCOCCN)C2O)CC2OC(O)(CC(O)CC(O)C(O)CCC(O)CC(O)CC(=O)OC(C)C(C)C1O)CC(O)C2C(=O)O. The van der Waals surface area contributed by atoms with E-state index in [9.17, 15) is 70.6 Å². The summed E-state index contributed by atoms with van der Waals surface area (Å²) in [7, 11) is 0. The summed E-state index contributed by atoms with van der Waals surface area (Å²) in [5, 5.41) is 123. The zero-order valence-corrected chi connectivity index (χ0v) is 44.0. The van der Waals surface area contributed by atoms with Crippen LogP contribution in [0, 0.1) is 17.8 Å². The highest BCUT2D eigenvalue weighted by atomic mass is 16.7. The number of carbonyl (C=O) groups is 3. The Kier molecular flexibility index (Phi) is 30.3. The van der Waals surface area contributed by atoms with E-state index in [1.165, 1.54) is 13.0 Å². The maximum Gasteiger partial charge on any atom is 0.311 e. The molecule has 3 rings (SSSR count). The number of aliphatic hydroxyl groups excluding tert-OH is 9. The monoisotopic (exact) mass is 1080 g/mol. The van der Waals surface area contributed by atoms with E-state index in [4.69, 9.17) is 34.2 Å². The average molecular weight is 1080 g/mol. The minimum absolute atomic E-state index is 0.0112. The number of amides is 1. The molecule has 3 aliphatic rings. The Morgan fingerprint density at radius 1 is 0.671 bits per heavy atom. The lowest BCUT2D eigenvalue weighted by Gasteiger charge is -2.45. The van der Waals surface area contributed by atoms with Gasteiger partial charge in [0.1, 0.15) is 24.2 Å². The van der Waals surface area contributed by atoms with Gasteiger partial charge < -0.3 is 95.6 Å². The molecule has 22 heteroatoms. The Morgan fingerprint density at radius 2 is 1.26 bits per heavy atom. The number of carboxylic acid groups (broad SMARTS) is 1. The van der Waals surface area contributed by atoms with Crippen LogP contribution in [0.3, 0.4) is 0 Å². The molecule has 0 spiro atoms. The molecule has 19 unspecified atom stereocenters. The number of nitrogens with one attached hydrogen (secondary N) is 1. The van der Waals surface area contributed by atoms with Gasteiger partial charge >= 0.3 is 11.9 Å². The summed E-state index contributed by atoms with van der Waals surface area (Å²) < 4.78 is 34.2. The first-order valence-corrected chi connectivity index (χ1v) is 26.1. The van der Waals surface area contributed by atoms with E-state index in [1.807, 2.05) is 13.0 Å². The summed E-state index contributed by atoms with van der Waals surface area (Å²) in [6.07, 6.45) is 1.73. The van der Waals surface area contributed by atoms with E-state index in [1.54, 1.807) is 86.8 Å². The molecule has 0 aromatic heterocycles. The number of carboxylic acids is 1. The highest BCUT2D eigenvalue weighted by molar-refractivity contribution is 5.76. The molecule has 0 aliphatic carbocycles. The summed E-state index contributed by atoms with van der Waals surface area (Å²) in [4.78, 5) is 38.3. The maximum absolute atomic E-state index is 12.9. The molecule has 432 valence electrons. The van der Waals surface area contributed by atoms with E-state index >= 15 is 0 Å². The molecule has 0 aromatic carbocycles. The molecule has 1 amide bonds. The molecule has 2 saturated heterocycles. The number of hydrogen-bond donors (Lipinski definition) is 13. The molecule has 22 nitrogen and oxygen atoms in total. The van der Waals surface area contributed by atoms with E-state index in [0.717, 1.165) is 0 Å². The largest absolute Gasteiger partial charge is 0.481 e. The van der Waals surface area contributed by atoms with Crippen LogP contribution in [0.5, 0.6) is 0 Å². The molecule has 3 heterocycles. The van der Waals surface area contributed by atoms with Crippen LogP contribution in [0.15, 0.2) is 85.1 Å². The van der Waals surface area contributed by atoms with Crippen molar-refractivity contribution in [3.8, 4) is 0 Å². The van der Waals surface area contributed by atoms with Gasteiger partial charge in [0.25, 0.3) is 0 Å². The van der Waals surface area contributed by atoms with Crippen LogP contribution in [0.25, 0.3) is 0 Å². The van der Waals surface area contributed by atoms with Crippen LogP contribution in [-0.2, 0) is 42.8 Å². The number of cyclic esters (lactones) is 1. The number of ether oxygens (including phenoxy) is 6. The van der Waals surface area contributed by atoms with Gasteiger partial charge in [-0.05, 0) is 33.1 Å². The van der Waals surface area contributed by atoms with Crippen molar-refractivity contribution in [2.75, 3.05) is 33.0 Å². The quantitative estimate of drug-likeness (QED) is 0.0920. The summed E-state index contributed by atoms with van der Waals surface area (Å²) in [5.41, 5.74) is 5.40. The van der Waals surface area contributed by atoms with Crippen LogP contribution >= 0.6 is 0 Å². The first-order valence-electron chi connectivity index (χ1n) is 26.1. The van der Waals surface area contributed by atoms with Gasteiger partial charge in [-0.2, -0.15) is 0 Å². The van der Waals surface area contributed by atoms with Crippen molar-refractivity contribution in [2.24, 2.45) is 23.5 Å². The summed E-state index contributed by atoms with van der Waals surface area (Å²) in [5.74, 6) is -7.60. The summed E-state index contributed by atoms with van der Waals surface area (Å²) in [6.45, 7) is 7.88. The molecule has 14 N–H and O–H groups in total. The second-order valence-electron chi connectivity index (χ2n) is 19.8. The molecule has 2 bridgehead atoms. The molecule has 2 fully saturated rings. The number of carbonyl (C=O) groups excluding carboxylic acids is 2. The zero-order valence-electron chi connectivity index (χ0n) is 44.0. The minimum Gasteiger partial charge on any atom is -0.481 e. The lowest BCUT2D eigenvalue weighted by molar-refractivity contribution is -0.309. The first kappa shape index (κ1) is 66.2. The lowest BCUT2D eigenvalue weighted by Crippen LogP contribution is -2.64. The number of nitrogens with two attached hydrogens (primary N) is 1. The van der Waals surface area contributed by atoms with E-state index < -0.39 is 159 Å². The summed E-state index contributed by atoms with van der Waals surface area (Å²) in [6, 6.07) is -1.30. The maximum atomic E-state index is 12.9. The molecule has 0 saturated carbocycles. The third-order valence-electron chi connectivity index (χ3n) is 13.4.